The van der Waals surface area contributed by atoms with E-state index in [1.165, 1.54) is 4.90 Å². The Morgan fingerprint density at radius 3 is 2.69 bits per heavy atom. The van der Waals surface area contributed by atoms with Crippen LogP contribution >= 0.6 is 11.6 Å². The van der Waals surface area contributed by atoms with E-state index >= 15 is 0 Å². The molecule has 0 radical (unpaired) electrons. The van der Waals surface area contributed by atoms with Gasteiger partial charge in [0.15, 0.2) is 5.15 Å². The first kappa shape index (κ1) is 25.9. The van der Waals surface area contributed by atoms with Crippen molar-refractivity contribution in [3.63, 3.8) is 0 Å². The Balaban J connectivity index is 1.57. The van der Waals surface area contributed by atoms with Crippen molar-refractivity contribution >= 4 is 58.1 Å². The summed E-state index contributed by atoms with van der Waals surface area (Å²) in [5.74, 6) is 0.132. The highest BCUT2D eigenvalue weighted by molar-refractivity contribution is 6.32. The molecule has 0 spiro atoms. The normalized spacial score (nSPS) is 13.4. The van der Waals surface area contributed by atoms with E-state index in [2.05, 4.69) is 20.7 Å². The minimum atomic E-state index is -0.748. The van der Waals surface area contributed by atoms with Crippen LogP contribution in [0.1, 0.15) is 5.56 Å². The number of nitrogens with zero attached hydrogens (tertiary/aromatic N) is 6. The quantitative estimate of drug-likeness (QED) is 0.301. The van der Waals surface area contributed by atoms with Gasteiger partial charge in [-0.25, -0.2) is 19.1 Å². The molecule has 12 heteroatoms. The van der Waals surface area contributed by atoms with Crippen molar-refractivity contribution in [1.29, 1.82) is 0 Å². The van der Waals surface area contributed by atoms with Crippen molar-refractivity contribution in [2.24, 2.45) is 7.05 Å². The van der Waals surface area contributed by atoms with Crippen molar-refractivity contribution in [1.82, 2.24) is 19.7 Å². The molecule has 0 aliphatic carbocycles. The molecule has 0 saturated heterocycles. The van der Waals surface area contributed by atoms with Gasteiger partial charge < -0.3 is 10.6 Å². The lowest BCUT2D eigenvalue weighted by molar-refractivity contribution is -0.111. The Bertz CT molecular complexity index is 1540. The Hall–Kier alpha value is -4.77. The minimum Gasteiger partial charge on any atom is -0.322 e. The summed E-state index contributed by atoms with van der Waals surface area (Å²) >= 11 is 6.21. The number of allylic oxidation sites excluding steroid dienone is 1. The van der Waals surface area contributed by atoms with Crippen LogP contribution in [0.15, 0.2) is 79.1 Å². The lowest BCUT2D eigenvalue weighted by Gasteiger charge is -2.28. The predicted molar refractivity (Wildman–Crippen MR) is 149 cm³/mol. The molecule has 3 amide bonds. The number of aromatic nitrogens is 4. The molecule has 0 fully saturated rings. The Morgan fingerprint density at radius 2 is 1.95 bits per heavy atom. The number of carbonyl (C=O) groups is 2. The van der Waals surface area contributed by atoms with E-state index < -0.39 is 12.6 Å². The van der Waals surface area contributed by atoms with Gasteiger partial charge in [-0.05, 0) is 42.8 Å². The minimum absolute atomic E-state index is 0.232. The van der Waals surface area contributed by atoms with Gasteiger partial charge in [0, 0.05) is 49.0 Å². The molecule has 3 heterocycles. The number of benzene rings is 2. The molecule has 0 unspecified atom stereocenters. The SMILES string of the molecule is Cn1cc(Nc2ncc3c(n2)N(c2cccc(NC(=O)/C=C/CF)c2)C(=O)N(c2ccccc2)CC3)c(Cl)n1. The summed E-state index contributed by atoms with van der Waals surface area (Å²) in [5, 5.41) is 10.1. The standard InChI is InChI=1S/C27H24ClFN8O2/c1-35-17-22(24(28)34-35)32-26-30-16-18-12-14-36(20-8-3-2-4-9-20)27(39)37(25(18)33-26)21-10-5-7-19(15-21)31-23(38)11-6-13-29/h2-11,15-17H,12-14H2,1H3,(H,31,38)(H,30,32,33)/b11-6+. The average Bonchev–Trinajstić information content (AvgIpc) is 3.17. The molecule has 39 heavy (non-hydrogen) atoms. The summed E-state index contributed by atoms with van der Waals surface area (Å²) in [6.45, 7) is -0.344. The molecule has 2 N–H and O–H groups in total. The monoisotopic (exact) mass is 546 g/mol. The molecule has 1 aliphatic rings. The van der Waals surface area contributed by atoms with Crippen LogP contribution in [0.4, 0.5) is 43.7 Å². The molecule has 0 saturated carbocycles. The number of nitrogens with one attached hydrogen (secondary N) is 2. The molecule has 10 nitrogen and oxygen atoms in total. The number of hydrogen-bond acceptors (Lipinski definition) is 6. The summed E-state index contributed by atoms with van der Waals surface area (Å²) in [5.41, 5.74) is 2.91. The van der Waals surface area contributed by atoms with Crippen LogP contribution in [0.2, 0.25) is 5.15 Å². The fourth-order valence-electron chi connectivity index (χ4n) is 4.17. The summed E-state index contributed by atoms with van der Waals surface area (Å²) in [6.07, 6.45) is 6.11. The maximum atomic E-state index is 14.1. The summed E-state index contributed by atoms with van der Waals surface area (Å²) in [6, 6.07) is 15.8. The lowest BCUT2D eigenvalue weighted by atomic mass is 10.2. The molecule has 0 atom stereocenters. The molecular weight excluding hydrogens is 523 g/mol. The third kappa shape index (κ3) is 5.73. The topological polar surface area (TPSA) is 108 Å². The molecule has 2 aromatic carbocycles. The smallest absolute Gasteiger partial charge is 0.322 e. The van der Waals surface area contributed by atoms with Crippen LogP contribution in [-0.4, -0.2) is 44.9 Å². The fraction of sp³-hybridized carbons (Fsp3) is 0.148. The van der Waals surface area contributed by atoms with E-state index in [4.69, 9.17) is 16.6 Å². The van der Waals surface area contributed by atoms with Crippen molar-refractivity contribution in [3.05, 3.63) is 89.9 Å². The largest absolute Gasteiger partial charge is 0.334 e. The highest BCUT2D eigenvalue weighted by Crippen LogP contribution is 2.35. The first-order chi connectivity index (χ1) is 18.9. The zero-order valence-electron chi connectivity index (χ0n) is 20.9. The van der Waals surface area contributed by atoms with E-state index in [0.717, 1.165) is 23.4 Å². The zero-order chi connectivity index (χ0) is 27.4. The number of aryl methyl sites for hydroxylation is 1. The first-order valence-corrected chi connectivity index (χ1v) is 12.4. The number of amides is 3. The zero-order valence-corrected chi connectivity index (χ0v) is 21.6. The molecule has 5 rings (SSSR count). The van der Waals surface area contributed by atoms with Gasteiger partial charge in [-0.2, -0.15) is 10.1 Å². The number of fused-ring (bicyclic) bond motifs is 1. The summed E-state index contributed by atoms with van der Waals surface area (Å²) in [7, 11) is 1.74. The van der Waals surface area contributed by atoms with Gasteiger partial charge >= 0.3 is 6.03 Å². The van der Waals surface area contributed by atoms with Crippen LogP contribution in [0, 0.1) is 0 Å². The third-order valence-electron chi connectivity index (χ3n) is 5.91. The average molecular weight is 547 g/mol. The van der Waals surface area contributed by atoms with Crippen molar-refractivity contribution in [2.75, 3.05) is 33.7 Å². The second-order valence-electron chi connectivity index (χ2n) is 8.63. The molecule has 4 aromatic rings. The van der Waals surface area contributed by atoms with Crippen molar-refractivity contribution in [3.8, 4) is 0 Å². The number of para-hydroxylation sites is 1. The maximum absolute atomic E-state index is 14.1. The Labute approximate surface area is 228 Å². The molecule has 2 aromatic heterocycles. The number of urea groups is 1. The number of halogens is 2. The van der Waals surface area contributed by atoms with E-state index in [0.29, 0.717) is 35.8 Å². The third-order valence-corrected chi connectivity index (χ3v) is 6.19. The maximum Gasteiger partial charge on any atom is 0.334 e. The summed E-state index contributed by atoms with van der Waals surface area (Å²) < 4.78 is 14.0. The first-order valence-electron chi connectivity index (χ1n) is 12.1. The highest BCUT2D eigenvalue weighted by Gasteiger charge is 2.32. The summed E-state index contributed by atoms with van der Waals surface area (Å²) in [4.78, 5) is 38.6. The number of carbonyl (C=O) groups excluding carboxylic acids is 2. The van der Waals surface area contributed by atoms with Crippen molar-refractivity contribution in [2.45, 2.75) is 6.42 Å². The van der Waals surface area contributed by atoms with Crippen LogP contribution in [0.5, 0.6) is 0 Å². The number of anilines is 6. The van der Waals surface area contributed by atoms with Crippen molar-refractivity contribution < 1.29 is 14.0 Å². The van der Waals surface area contributed by atoms with E-state index in [9.17, 15) is 14.0 Å². The Kier molecular flexibility index (Phi) is 7.50. The second kappa shape index (κ2) is 11.3. The number of hydrogen-bond donors (Lipinski definition) is 2. The predicted octanol–water partition coefficient (Wildman–Crippen LogP) is 5.39. The lowest BCUT2D eigenvalue weighted by Crippen LogP contribution is -2.40. The molecule has 198 valence electrons. The number of rotatable bonds is 7. The molecule has 1 aliphatic heterocycles. The molecular formula is C27H24ClFN8O2. The fourth-order valence-corrected chi connectivity index (χ4v) is 4.39. The van der Waals surface area contributed by atoms with Gasteiger partial charge in [0.2, 0.25) is 11.9 Å². The van der Waals surface area contributed by atoms with Crippen LogP contribution in [0.25, 0.3) is 0 Å². The second-order valence-corrected chi connectivity index (χ2v) is 8.98. The van der Waals surface area contributed by atoms with E-state index in [1.807, 2.05) is 30.3 Å². The highest BCUT2D eigenvalue weighted by atomic mass is 35.5. The van der Waals surface area contributed by atoms with Gasteiger partial charge in [0.25, 0.3) is 0 Å². The molecule has 0 bridgehead atoms. The Morgan fingerprint density at radius 1 is 1.15 bits per heavy atom. The van der Waals surface area contributed by atoms with Gasteiger partial charge in [0.1, 0.15) is 12.5 Å². The van der Waals surface area contributed by atoms with E-state index in [1.54, 1.807) is 53.3 Å². The van der Waals surface area contributed by atoms with E-state index in [-0.39, 0.29) is 17.1 Å². The van der Waals surface area contributed by atoms with Crippen LogP contribution in [0.3, 0.4) is 0 Å². The van der Waals surface area contributed by atoms with Gasteiger partial charge in [-0.15, -0.1) is 0 Å². The van der Waals surface area contributed by atoms with Gasteiger partial charge in [0.05, 0.1) is 11.4 Å². The van der Waals surface area contributed by atoms with Gasteiger partial charge in [-0.1, -0.05) is 35.9 Å². The van der Waals surface area contributed by atoms with Gasteiger partial charge in [-0.3, -0.25) is 14.4 Å². The van der Waals surface area contributed by atoms with Crippen LogP contribution in [-0.2, 0) is 18.3 Å². The number of alkyl halides is 1. The van der Waals surface area contributed by atoms with Crippen LogP contribution < -0.4 is 20.4 Å².